The van der Waals surface area contributed by atoms with Gasteiger partial charge in [0.25, 0.3) is 0 Å². The molecule has 0 aliphatic rings. The molecule has 0 heterocycles. The fraction of sp³-hybridized carbons (Fsp3) is 0.462. The minimum absolute atomic E-state index is 0.0798. The molecule has 1 atom stereocenters. The molecular formula is C13H17BrFNO. The molecule has 94 valence electrons. The van der Waals surface area contributed by atoms with E-state index in [0.29, 0.717) is 17.4 Å². The van der Waals surface area contributed by atoms with Crippen LogP contribution in [-0.2, 0) is 11.2 Å². The first-order chi connectivity index (χ1) is 8.08. The Morgan fingerprint density at radius 1 is 1.53 bits per heavy atom. The summed E-state index contributed by atoms with van der Waals surface area (Å²) in [5.74, 6) is -0.262. The highest BCUT2D eigenvalue weighted by atomic mass is 79.9. The predicted octanol–water partition coefficient (Wildman–Crippen LogP) is 3.07. The van der Waals surface area contributed by atoms with Gasteiger partial charge in [-0.1, -0.05) is 19.4 Å². The lowest BCUT2D eigenvalue weighted by Crippen LogP contribution is -2.25. The second-order valence-electron chi connectivity index (χ2n) is 4.11. The van der Waals surface area contributed by atoms with Crippen LogP contribution in [0.15, 0.2) is 22.7 Å². The summed E-state index contributed by atoms with van der Waals surface area (Å²) in [6, 6.07) is 4.65. The number of carbonyl (C=O) groups is 1. The summed E-state index contributed by atoms with van der Waals surface area (Å²) in [7, 11) is 0. The molecule has 1 rings (SSSR count). The van der Waals surface area contributed by atoms with Crippen molar-refractivity contribution >= 4 is 21.7 Å². The third-order valence-electron chi connectivity index (χ3n) is 2.74. The lowest BCUT2D eigenvalue weighted by atomic mass is 9.94. The average molecular weight is 302 g/mol. The van der Waals surface area contributed by atoms with Crippen LogP contribution in [0.1, 0.15) is 25.3 Å². The zero-order valence-electron chi connectivity index (χ0n) is 9.88. The Labute approximate surface area is 110 Å². The molecule has 0 saturated carbocycles. The SMILES string of the molecule is CCCC(CN)C(=O)Cc1ccc(F)c(Br)c1. The standard InChI is InChI=1S/C13H17BrFNO/c1-2-3-10(8-16)13(17)7-9-4-5-12(15)11(14)6-9/h4-6,10H,2-3,7-8,16H2,1H3. The Morgan fingerprint density at radius 3 is 2.76 bits per heavy atom. The summed E-state index contributed by atoms with van der Waals surface area (Å²) in [4.78, 5) is 11.9. The molecule has 2 nitrogen and oxygen atoms in total. The molecule has 1 unspecified atom stereocenters. The van der Waals surface area contributed by atoms with E-state index in [9.17, 15) is 9.18 Å². The summed E-state index contributed by atoms with van der Waals surface area (Å²) >= 11 is 3.11. The van der Waals surface area contributed by atoms with Crippen molar-refractivity contribution in [3.63, 3.8) is 0 Å². The molecule has 0 aliphatic heterocycles. The molecular weight excluding hydrogens is 285 g/mol. The molecule has 1 aromatic rings. The van der Waals surface area contributed by atoms with E-state index in [0.717, 1.165) is 18.4 Å². The third-order valence-corrected chi connectivity index (χ3v) is 3.35. The van der Waals surface area contributed by atoms with Crippen LogP contribution in [0.3, 0.4) is 0 Å². The predicted molar refractivity (Wildman–Crippen MR) is 70.3 cm³/mol. The average Bonchev–Trinajstić information content (AvgIpc) is 2.30. The minimum Gasteiger partial charge on any atom is -0.330 e. The first-order valence-corrected chi connectivity index (χ1v) is 6.54. The molecule has 4 heteroatoms. The number of Topliss-reactive ketones (excluding diaryl/α,β-unsaturated/α-hetero) is 1. The van der Waals surface area contributed by atoms with Gasteiger partial charge >= 0.3 is 0 Å². The van der Waals surface area contributed by atoms with Crippen molar-refractivity contribution in [2.45, 2.75) is 26.2 Å². The van der Waals surface area contributed by atoms with Gasteiger partial charge in [0.15, 0.2) is 0 Å². The Morgan fingerprint density at radius 2 is 2.24 bits per heavy atom. The highest BCUT2D eigenvalue weighted by molar-refractivity contribution is 9.10. The number of halogens is 2. The molecule has 0 amide bonds. The topological polar surface area (TPSA) is 43.1 Å². The van der Waals surface area contributed by atoms with Crippen molar-refractivity contribution in [1.82, 2.24) is 0 Å². The summed E-state index contributed by atoms with van der Waals surface area (Å²) in [6.45, 7) is 2.42. The second kappa shape index (κ2) is 6.87. The van der Waals surface area contributed by atoms with E-state index >= 15 is 0 Å². The van der Waals surface area contributed by atoms with Crippen LogP contribution in [-0.4, -0.2) is 12.3 Å². The van der Waals surface area contributed by atoms with Crippen molar-refractivity contribution in [3.05, 3.63) is 34.1 Å². The highest BCUT2D eigenvalue weighted by Crippen LogP contribution is 2.18. The molecule has 1 aromatic carbocycles. The number of ketones is 1. The van der Waals surface area contributed by atoms with E-state index < -0.39 is 0 Å². The van der Waals surface area contributed by atoms with Crippen molar-refractivity contribution in [3.8, 4) is 0 Å². The van der Waals surface area contributed by atoms with Crippen molar-refractivity contribution in [2.24, 2.45) is 11.7 Å². The largest absolute Gasteiger partial charge is 0.330 e. The zero-order chi connectivity index (χ0) is 12.8. The maximum atomic E-state index is 13.0. The van der Waals surface area contributed by atoms with E-state index in [2.05, 4.69) is 15.9 Å². The third kappa shape index (κ3) is 4.21. The lowest BCUT2D eigenvalue weighted by molar-refractivity contribution is -0.122. The molecule has 0 saturated heterocycles. The van der Waals surface area contributed by atoms with Gasteiger partial charge in [-0.05, 0) is 40.0 Å². The Hall–Kier alpha value is -0.740. The molecule has 0 fully saturated rings. The first kappa shape index (κ1) is 14.3. The summed E-state index contributed by atoms with van der Waals surface area (Å²) in [5.41, 5.74) is 6.39. The van der Waals surface area contributed by atoms with Gasteiger partial charge < -0.3 is 5.73 Å². The maximum Gasteiger partial charge on any atom is 0.141 e. The maximum absolute atomic E-state index is 13.0. The second-order valence-corrected chi connectivity index (χ2v) is 4.97. The van der Waals surface area contributed by atoms with Gasteiger partial charge in [-0.3, -0.25) is 4.79 Å². The number of hydrogen-bond donors (Lipinski definition) is 1. The number of benzene rings is 1. The monoisotopic (exact) mass is 301 g/mol. The van der Waals surface area contributed by atoms with E-state index in [1.807, 2.05) is 6.92 Å². The Balaban J connectivity index is 2.69. The van der Waals surface area contributed by atoms with Gasteiger partial charge in [0.1, 0.15) is 11.6 Å². The lowest BCUT2D eigenvalue weighted by Gasteiger charge is -2.12. The molecule has 0 radical (unpaired) electrons. The molecule has 0 aliphatic carbocycles. The van der Waals surface area contributed by atoms with Gasteiger partial charge in [0.2, 0.25) is 0 Å². The minimum atomic E-state index is -0.315. The smallest absolute Gasteiger partial charge is 0.141 e. The zero-order valence-corrected chi connectivity index (χ0v) is 11.5. The quantitative estimate of drug-likeness (QED) is 0.877. The van der Waals surface area contributed by atoms with Crippen molar-refractivity contribution in [1.29, 1.82) is 0 Å². The Kier molecular flexibility index (Phi) is 5.78. The van der Waals surface area contributed by atoms with Crippen LogP contribution >= 0.6 is 15.9 Å². The van der Waals surface area contributed by atoms with Gasteiger partial charge in [-0.2, -0.15) is 0 Å². The van der Waals surface area contributed by atoms with Gasteiger partial charge in [-0.15, -0.1) is 0 Å². The van der Waals surface area contributed by atoms with Gasteiger partial charge in [-0.25, -0.2) is 4.39 Å². The number of nitrogens with two attached hydrogens (primary N) is 1. The first-order valence-electron chi connectivity index (χ1n) is 5.75. The van der Waals surface area contributed by atoms with E-state index in [1.54, 1.807) is 12.1 Å². The summed E-state index contributed by atoms with van der Waals surface area (Å²) in [5, 5.41) is 0. The summed E-state index contributed by atoms with van der Waals surface area (Å²) in [6.07, 6.45) is 2.08. The molecule has 17 heavy (non-hydrogen) atoms. The normalized spacial score (nSPS) is 12.5. The van der Waals surface area contributed by atoms with E-state index in [-0.39, 0.29) is 17.5 Å². The number of hydrogen-bond acceptors (Lipinski definition) is 2. The van der Waals surface area contributed by atoms with Crippen molar-refractivity contribution in [2.75, 3.05) is 6.54 Å². The van der Waals surface area contributed by atoms with Crippen LogP contribution in [0.2, 0.25) is 0 Å². The molecule has 2 N–H and O–H groups in total. The molecule has 0 spiro atoms. The van der Waals surface area contributed by atoms with Crippen LogP contribution < -0.4 is 5.73 Å². The van der Waals surface area contributed by atoms with E-state index in [1.165, 1.54) is 6.07 Å². The Bertz CT molecular complexity index is 395. The highest BCUT2D eigenvalue weighted by Gasteiger charge is 2.16. The summed E-state index contributed by atoms with van der Waals surface area (Å²) < 4.78 is 13.4. The molecule has 0 bridgehead atoms. The van der Waals surface area contributed by atoms with Crippen LogP contribution in [0.5, 0.6) is 0 Å². The molecule has 0 aromatic heterocycles. The van der Waals surface area contributed by atoms with Gasteiger partial charge in [0, 0.05) is 18.9 Å². The fourth-order valence-corrected chi connectivity index (χ4v) is 2.18. The van der Waals surface area contributed by atoms with Crippen LogP contribution in [0, 0.1) is 11.7 Å². The van der Waals surface area contributed by atoms with Gasteiger partial charge in [0.05, 0.1) is 4.47 Å². The van der Waals surface area contributed by atoms with Crippen LogP contribution in [0.25, 0.3) is 0 Å². The number of carbonyl (C=O) groups excluding carboxylic acids is 1. The van der Waals surface area contributed by atoms with Crippen molar-refractivity contribution < 1.29 is 9.18 Å². The number of rotatable bonds is 6. The van der Waals surface area contributed by atoms with E-state index in [4.69, 9.17) is 5.73 Å². The fourth-order valence-electron chi connectivity index (χ4n) is 1.75. The van der Waals surface area contributed by atoms with Crippen LogP contribution in [0.4, 0.5) is 4.39 Å².